The Morgan fingerprint density at radius 1 is 1.08 bits per heavy atom. The lowest BCUT2D eigenvalue weighted by atomic mass is 9.92. The second-order valence-electron chi connectivity index (χ2n) is 9.75. The summed E-state index contributed by atoms with van der Waals surface area (Å²) in [6, 6.07) is 23.1. The van der Waals surface area contributed by atoms with E-state index in [1.54, 1.807) is 6.07 Å². The fourth-order valence-electron chi connectivity index (χ4n) is 4.96. The Kier molecular flexibility index (Phi) is 8.99. The average molecular weight is 552 g/mol. The Bertz CT molecular complexity index is 1300. The van der Waals surface area contributed by atoms with Crippen molar-refractivity contribution in [3.63, 3.8) is 0 Å². The first-order valence-electron chi connectivity index (χ1n) is 12.5. The summed E-state index contributed by atoms with van der Waals surface area (Å²) in [5.74, 6) is 0. The Morgan fingerprint density at radius 2 is 1.76 bits per heavy atom. The number of β-amino-alcohol motifs (C(OH)–C–C–N with tert-alkyl or cyclic N) is 1. The van der Waals surface area contributed by atoms with Crippen LogP contribution in [0.4, 0.5) is 5.69 Å². The molecule has 1 aliphatic rings. The first-order valence-corrected chi connectivity index (χ1v) is 13.3. The van der Waals surface area contributed by atoms with E-state index in [1.165, 1.54) is 0 Å². The van der Waals surface area contributed by atoms with Gasteiger partial charge in [0.2, 0.25) is 0 Å². The Hall–Kier alpha value is -3.05. The van der Waals surface area contributed by atoms with E-state index >= 15 is 0 Å². The second-order valence-corrected chi connectivity index (χ2v) is 10.6. The molecule has 1 saturated heterocycles. The third kappa shape index (κ3) is 6.50. The maximum absolute atomic E-state index is 11.5. The third-order valence-electron chi connectivity index (χ3n) is 6.94. The van der Waals surface area contributed by atoms with Crippen molar-refractivity contribution in [1.82, 2.24) is 10.2 Å². The number of benzene rings is 3. The van der Waals surface area contributed by atoms with Gasteiger partial charge in [0.1, 0.15) is 6.07 Å². The third-order valence-corrected chi connectivity index (χ3v) is 7.43. The van der Waals surface area contributed by atoms with Gasteiger partial charge in [-0.1, -0.05) is 66.2 Å². The summed E-state index contributed by atoms with van der Waals surface area (Å²) in [5.41, 5.74) is 3.82. The number of aliphatic hydroxyl groups excluding tert-OH is 1. The van der Waals surface area contributed by atoms with Crippen molar-refractivity contribution in [3.05, 3.63) is 106 Å². The zero-order valence-corrected chi connectivity index (χ0v) is 22.9. The van der Waals surface area contributed by atoms with E-state index in [0.29, 0.717) is 48.3 Å². The van der Waals surface area contributed by atoms with E-state index in [9.17, 15) is 10.4 Å². The van der Waals surface area contributed by atoms with Gasteiger partial charge in [0.05, 0.1) is 29.5 Å². The van der Waals surface area contributed by atoms with Crippen molar-refractivity contribution in [2.24, 2.45) is 0 Å². The maximum atomic E-state index is 11.5. The summed E-state index contributed by atoms with van der Waals surface area (Å²) in [7, 11) is 0. The second kappa shape index (κ2) is 12.2. The van der Waals surface area contributed by atoms with Gasteiger partial charge >= 0.3 is 0 Å². The van der Waals surface area contributed by atoms with Crippen molar-refractivity contribution < 1.29 is 10.2 Å². The number of piperazine rings is 1. The zero-order chi connectivity index (χ0) is 27.3. The highest BCUT2D eigenvalue weighted by Crippen LogP contribution is 2.35. The summed E-state index contributed by atoms with van der Waals surface area (Å²) in [6.07, 6.45) is 0. The molecular formula is C30H32Cl2N4O2. The summed E-state index contributed by atoms with van der Waals surface area (Å²) in [6.45, 7) is 8.80. The average Bonchev–Trinajstić information content (AvgIpc) is 2.92. The molecule has 4 rings (SSSR count). The van der Waals surface area contributed by atoms with Crippen molar-refractivity contribution >= 4 is 34.6 Å². The molecule has 0 saturated carbocycles. The number of nitrogens with zero attached hydrogens (tertiary/aromatic N) is 3. The van der Waals surface area contributed by atoms with Crippen molar-refractivity contribution in [2.45, 2.75) is 18.6 Å². The van der Waals surface area contributed by atoms with E-state index in [2.05, 4.69) is 27.8 Å². The van der Waals surface area contributed by atoms with E-state index in [-0.39, 0.29) is 12.6 Å². The molecule has 0 radical (unpaired) electrons. The number of hydrogen-bond acceptors (Lipinski definition) is 6. The highest BCUT2D eigenvalue weighted by atomic mass is 35.5. The number of anilines is 1. The van der Waals surface area contributed by atoms with Crippen LogP contribution < -0.4 is 10.2 Å². The normalized spacial score (nSPS) is 17.5. The van der Waals surface area contributed by atoms with Crippen LogP contribution in [-0.2, 0) is 5.60 Å². The fourth-order valence-corrected chi connectivity index (χ4v) is 5.25. The molecule has 3 N–H and O–H groups in total. The van der Waals surface area contributed by atoms with E-state index in [4.69, 9.17) is 28.3 Å². The molecule has 0 spiro atoms. The van der Waals surface area contributed by atoms with Crippen molar-refractivity contribution in [1.29, 1.82) is 5.26 Å². The molecule has 0 bridgehead atoms. The maximum Gasteiger partial charge on any atom is 0.101 e. The van der Waals surface area contributed by atoms with Gasteiger partial charge in [-0.25, -0.2) is 0 Å². The van der Waals surface area contributed by atoms with Crippen LogP contribution in [0.2, 0.25) is 10.0 Å². The molecule has 1 aliphatic heterocycles. The van der Waals surface area contributed by atoms with Gasteiger partial charge in [-0.05, 0) is 53.9 Å². The highest BCUT2D eigenvalue weighted by molar-refractivity contribution is 6.31. The van der Waals surface area contributed by atoms with Crippen LogP contribution in [0.25, 0.3) is 5.70 Å². The van der Waals surface area contributed by atoms with Crippen LogP contribution in [0, 0.1) is 11.3 Å². The molecule has 2 atom stereocenters. The lowest BCUT2D eigenvalue weighted by molar-refractivity contribution is 0.0103. The highest BCUT2D eigenvalue weighted by Gasteiger charge is 2.34. The van der Waals surface area contributed by atoms with Crippen LogP contribution in [0.5, 0.6) is 0 Å². The molecule has 198 valence electrons. The molecule has 1 heterocycles. The van der Waals surface area contributed by atoms with E-state index < -0.39 is 5.60 Å². The predicted octanol–water partition coefficient (Wildman–Crippen LogP) is 5.19. The minimum Gasteiger partial charge on any atom is -0.395 e. The lowest BCUT2D eigenvalue weighted by Crippen LogP contribution is -2.52. The summed E-state index contributed by atoms with van der Waals surface area (Å²) in [5, 5.41) is 34.6. The number of halogens is 2. The Balaban J connectivity index is 1.55. The van der Waals surface area contributed by atoms with Gasteiger partial charge in [-0.3, -0.25) is 4.90 Å². The lowest BCUT2D eigenvalue weighted by Gasteiger charge is -2.45. The molecule has 0 unspecified atom stereocenters. The van der Waals surface area contributed by atoms with Crippen LogP contribution in [-0.4, -0.2) is 54.4 Å². The number of nitrogens with one attached hydrogen (secondary N) is 1. The molecule has 0 aliphatic carbocycles. The molecule has 3 aromatic carbocycles. The minimum atomic E-state index is -1.08. The first-order chi connectivity index (χ1) is 18.2. The molecule has 6 nitrogen and oxygen atoms in total. The largest absolute Gasteiger partial charge is 0.395 e. The Morgan fingerprint density at radius 3 is 2.42 bits per heavy atom. The molecule has 0 aromatic heterocycles. The molecule has 3 aromatic rings. The molecule has 0 amide bonds. The quantitative estimate of drug-likeness (QED) is 0.340. The summed E-state index contributed by atoms with van der Waals surface area (Å²) in [4.78, 5) is 4.50. The fraction of sp³-hybridized carbons (Fsp3) is 0.300. The number of aliphatic hydroxyl groups is 2. The van der Waals surface area contributed by atoms with Gasteiger partial charge in [0.25, 0.3) is 0 Å². The number of nitriles is 1. The topological polar surface area (TPSA) is 82.8 Å². The SMILES string of the molecule is C=C(NCCO)c1ccc([C@](C)(O)CN2CCN(c3ccc(Cl)cc3C#N)[C@H](c3ccc(Cl)cc3)C2)cc1. The molecule has 8 heteroatoms. The molecular weight excluding hydrogens is 519 g/mol. The first kappa shape index (κ1) is 28.0. The van der Waals surface area contributed by atoms with E-state index in [0.717, 1.165) is 28.1 Å². The summed E-state index contributed by atoms with van der Waals surface area (Å²) < 4.78 is 0. The predicted molar refractivity (Wildman–Crippen MR) is 154 cm³/mol. The molecule has 1 fully saturated rings. The van der Waals surface area contributed by atoms with Crippen LogP contribution in [0.1, 0.15) is 35.2 Å². The van der Waals surface area contributed by atoms with Gasteiger partial charge in [0, 0.05) is 48.5 Å². The van der Waals surface area contributed by atoms with Gasteiger partial charge in [-0.15, -0.1) is 0 Å². The van der Waals surface area contributed by atoms with Crippen LogP contribution in [0.3, 0.4) is 0 Å². The van der Waals surface area contributed by atoms with Gasteiger partial charge in [0.15, 0.2) is 0 Å². The molecule has 38 heavy (non-hydrogen) atoms. The van der Waals surface area contributed by atoms with Crippen LogP contribution in [0.15, 0.2) is 73.3 Å². The zero-order valence-electron chi connectivity index (χ0n) is 21.4. The summed E-state index contributed by atoms with van der Waals surface area (Å²) >= 11 is 12.3. The Labute approximate surface area is 234 Å². The van der Waals surface area contributed by atoms with Gasteiger partial charge in [-0.2, -0.15) is 5.26 Å². The van der Waals surface area contributed by atoms with E-state index in [1.807, 2.05) is 67.6 Å². The van der Waals surface area contributed by atoms with Crippen molar-refractivity contribution in [3.8, 4) is 6.07 Å². The monoisotopic (exact) mass is 550 g/mol. The van der Waals surface area contributed by atoms with Crippen LogP contribution >= 0.6 is 23.2 Å². The number of rotatable bonds is 9. The van der Waals surface area contributed by atoms with Crippen molar-refractivity contribution in [2.75, 3.05) is 44.2 Å². The number of hydrogen-bond donors (Lipinski definition) is 3. The standard InChI is InChI=1S/C30H32Cl2N4O2/c1-21(34-13-16-37)22-3-7-25(8-4-22)30(2,38)20-35-14-15-36(28-12-11-27(32)17-24(28)18-33)29(19-35)23-5-9-26(31)10-6-23/h3-12,17,29,34,37-38H,1,13-16,19-20H2,2H3/t29-,30+/m0/s1. The van der Waals surface area contributed by atoms with Gasteiger partial charge < -0.3 is 20.4 Å². The smallest absolute Gasteiger partial charge is 0.101 e. The minimum absolute atomic E-state index is 0.0337.